The molecule has 5 heteroatoms. The molecule has 0 spiro atoms. The molecule has 3 rings (SSSR count). The summed E-state index contributed by atoms with van der Waals surface area (Å²) < 4.78 is 24.3. The van der Waals surface area contributed by atoms with Crippen molar-refractivity contribution in [3.05, 3.63) is 65.5 Å². The van der Waals surface area contributed by atoms with Crippen molar-refractivity contribution in [1.82, 2.24) is 4.90 Å². The number of likely N-dealkylation sites (tertiary alicyclic amines) is 1. The molecule has 4 nitrogen and oxygen atoms in total. The Kier molecular flexibility index (Phi) is 9.35. The van der Waals surface area contributed by atoms with Crippen LogP contribution in [0, 0.1) is 11.7 Å². The number of aryl methyl sites for hydroxylation is 2. The number of hydrogen-bond donors (Lipinski definition) is 0. The van der Waals surface area contributed by atoms with E-state index in [0.29, 0.717) is 13.2 Å². The van der Waals surface area contributed by atoms with Crippen LogP contribution in [0.15, 0.2) is 48.5 Å². The molecule has 2 aromatic rings. The van der Waals surface area contributed by atoms with Gasteiger partial charge in [-0.25, -0.2) is 4.39 Å². The number of ether oxygens (including phenoxy) is 2. The summed E-state index contributed by atoms with van der Waals surface area (Å²) in [6, 6.07) is 14.9. The highest BCUT2D eigenvalue weighted by Gasteiger charge is 2.25. The summed E-state index contributed by atoms with van der Waals surface area (Å²) in [7, 11) is 0. The van der Waals surface area contributed by atoms with Gasteiger partial charge in [-0.3, -0.25) is 4.79 Å². The Morgan fingerprint density at radius 2 is 1.77 bits per heavy atom. The van der Waals surface area contributed by atoms with Crippen molar-refractivity contribution >= 4 is 5.97 Å². The van der Waals surface area contributed by atoms with Crippen molar-refractivity contribution in [1.29, 1.82) is 0 Å². The molecule has 1 aliphatic rings. The van der Waals surface area contributed by atoms with Crippen LogP contribution in [0.1, 0.15) is 43.7 Å². The summed E-state index contributed by atoms with van der Waals surface area (Å²) in [5.41, 5.74) is 2.32. The number of hydrogen-bond acceptors (Lipinski definition) is 4. The normalized spacial score (nSPS) is 15.0. The largest absolute Gasteiger partial charge is 0.493 e. The van der Waals surface area contributed by atoms with Crippen molar-refractivity contribution < 1.29 is 18.7 Å². The standard InChI is InChI=1S/C26H34FNO3/c1-2-30-26(29)23-15-18-28(19-16-23)17-5-6-20-31-25-8-4-3-7-22(25)12-9-21-10-13-24(27)14-11-21/h3-4,7-8,10-11,13-14,23H,2,5-6,9,12,15-20H2,1H3. The number of para-hydroxylation sites is 1. The lowest BCUT2D eigenvalue weighted by Crippen LogP contribution is -2.37. The van der Waals surface area contributed by atoms with Gasteiger partial charge in [0.25, 0.3) is 0 Å². The fourth-order valence-corrected chi connectivity index (χ4v) is 4.05. The van der Waals surface area contributed by atoms with Gasteiger partial charge < -0.3 is 14.4 Å². The highest BCUT2D eigenvalue weighted by atomic mass is 19.1. The zero-order valence-electron chi connectivity index (χ0n) is 18.5. The summed E-state index contributed by atoms with van der Waals surface area (Å²) in [5.74, 6) is 0.787. The van der Waals surface area contributed by atoms with Gasteiger partial charge in [0.2, 0.25) is 0 Å². The highest BCUT2D eigenvalue weighted by Crippen LogP contribution is 2.21. The van der Waals surface area contributed by atoms with Gasteiger partial charge in [-0.2, -0.15) is 0 Å². The number of carbonyl (C=O) groups excluding carboxylic acids is 1. The van der Waals surface area contributed by atoms with Crippen LogP contribution in [-0.4, -0.2) is 43.7 Å². The number of nitrogens with zero attached hydrogens (tertiary/aromatic N) is 1. The van der Waals surface area contributed by atoms with Crippen LogP contribution in [0.25, 0.3) is 0 Å². The third-order valence-electron chi connectivity index (χ3n) is 5.90. The predicted octanol–water partition coefficient (Wildman–Crippen LogP) is 5.05. The minimum Gasteiger partial charge on any atom is -0.493 e. The highest BCUT2D eigenvalue weighted by molar-refractivity contribution is 5.72. The number of piperidine rings is 1. The second-order valence-corrected chi connectivity index (χ2v) is 8.16. The molecule has 31 heavy (non-hydrogen) atoms. The quantitative estimate of drug-likeness (QED) is 0.372. The summed E-state index contributed by atoms with van der Waals surface area (Å²) in [5, 5.41) is 0. The van der Waals surface area contributed by atoms with Crippen molar-refractivity contribution in [3.8, 4) is 5.75 Å². The summed E-state index contributed by atoms with van der Waals surface area (Å²) in [6.45, 7) is 6.01. The molecule has 1 saturated heterocycles. The van der Waals surface area contributed by atoms with E-state index in [-0.39, 0.29) is 17.7 Å². The summed E-state index contributed by atoms with van der Waals surface area (Å²) >= 11 is 0. The van der Waals surface area contributed by atoms with Crippen LogP contribution >= 0.6 is 0 Å². The van der Waals surface area contributed by atoms with Crippen LogP contribution in [0.5, 0.6) is 5.75 Å². The van der Waals surface area contributed by atoms with E-state index in [1.165, 1.54) is 17.7 Å². The van der Waals surface area contributed by atoms with E-state index >= 15 is 0 Å². The predicted molar refractivity (Wildman–Crippen MR) is 121 cm³/mol. The molecular weight excluding hydrogens is 393 g/mol. The zero-order chi connectivity index (χ0) is 21.9. The average Bonchev–Trinajstić information content (AvgIpc) is 2.80. The Bertz CT molecular complexity index is 801. The van der Waals surface area contributed by atoms with Gasteiger partial charge in [-0.1, -0.05) is 30.3 Å². The maximum absolute atomic E-state index is 13.1. The number of rotatable bonds is 11. The van der Waals surface area contributed by atoms with Crippen LogP contribution < -0.4 is 4.74 Å². The molecule has 0 radical (unpaired) electrons. The van der Waals surface area contributed by atoms with E-state index in [1.54, 1.807) is 0 Å². The number of unbranched alkanes of at least 4 members (excludes halogenated alkanes) is 1. The van der Waals surface area contributed by atoms with E-state index in [4.69, 9.17) is 9.47 Å². The molecule has 0 N–H and O–H groups in total. The second-order valence-electron chi connectivity index (χ2n) is 8.16. The molecule has 0 aliphatic carbocycles. The Morgan fingerprint density at radius 1 is 1.03 bits per heavy atom. The summed E-state index contributed by atoms with van der Waals surface area (Å²) in [6.07, 6.45) is 5.62. The number of benzene rings is 2. The van der Waals surface area contributed by atoms with E-state index in [9.17, 15) is 9.18 Å². The Balaban J connectivity index is 1.34. The SMILES string of the molecule is CCOC(=O)C1CCN(CCCCOc2ccccc2CCc2ccc(F)cc2)CC1. The lowest BCUT2D eigenvalue weighted by molar-refractivity contribution is -0.149. The Labute approximate surface area is 185 Å². The minimum atomic E-state index is -0.198. The molecule has 0 aromatic heterocycles. The van der Waals surface area contributed by atoms with Crippen molar-refractivity contribution in [2.24, 2.45) is 5.92 Å². The van der Waals surface area contributed by atoms with E-state index in [0.717, 1.165) is 69.5 Å². The molecule has 0 bridgehead atoms. The number of carbonyl (C=O) groups is 1. The lowest BCUT2D eigenvalue weighted by Gasteiger charge is -2.30. The van der Waals surface area contributed by atoms with Crippen LogP contribution in [0.2, 0.25) is 0 Å². The molecule has 2 aromatic carbocycles. The van der Waals surface area contributed by atoms with Gasteiger partial charge in [-0.15, -0.1) is 0 Å². The molecular formula is C26H34FNO3. The number of halogens is 1. The molecule has 0 saturated carbocycles. The van der Waals surface area contributed by atoms with Gasteiger partial charge in [0, 0.05) is 0 Å². The third-order valence-corrected chi connectivity index (χ3v) is 5.90. The molecule has 0 atom stereocenters. The molecule has 0 unspecified atom stereocenters. The molecule has 0 amide bonds. The Morgan fingerprint density at radius 3 is 2.52 bits per heavy atom. The maximum atomic E-state index is 13.1. The summed E-state index contributed by atoms with van der Waals surface area (Å²) in [4.78, 5) is 14.3. The third kappa shape index (κ3) is 7.66. The number of esters is 1. The van der Waals surface area contributed by atoms with Crippen LogP contribution in [-0.2, 0) is 22.4 Å². The second kappa shape index (κ2) is 12.5. The van der Waals surface area contributed by atoms with Gasteiger partial charge in [0.15, 0.2) is 0 Å². The van der Waals surface area contributed by atoms with Gasteiger partial charge in [0.05, 0.1) is 19.1 Å². The zero-order valence-corrected chi connectivity index (χ0v) is 18.5. The van der Waals surface area contributed by atoms with Crippen molar-refractivity contribution in [3.63, 3.8) is 0 Å². The first-order valence-electron chi connectivity index (χ1n) is 11.5. The topological polar surface area (TPSA) is 38.8 Å². The van der Waals surface area contributed by atoms with Crippen molar-refractivity contribution in [2.75, 3.05) is 32.8 Å². The minimum absolute atomic E-state index is 0.0337. The average molecular weight is 428 g/mol. The molecule has 1 aliphatic heterocycles. The van der Waals surface area contributed by atoms with E-state index < -0.39 is 0 Å². The van der Waals surface area contributed by atoms with Gasteiger partial charge in [-0.05, 0) is 94.4 Å². The first-order valence-corrected chi connectivity index (χ1v) is 11.5. The molecule has 168 valence electrons. The van der Waals surface area contributed by atoms with Gasteiger partial charge in [0.1, 0.15) is 11.6 Å². The van der Waals surface area contributed by atoms with Crippen molar-refractivity contribution in [2.45, 2.75) is 45.4 Å². The molecule has 1 heterocycles. The van der Waals surface area contributed by atoms with Gasteiger partial charge >= 0.3 is 5.97 Å². The first kappa shape index (κ1) is 23.3. The Hall–Kier alpha value is -2.40. The van der Waals surface area contributed by atoms with Crippen LogP contribution in [0.3, 0.4) is 0 Å². The fraction of sp³-hybridized carbons (Fsp3) is 0.500. The van der Waals surface area contributed by atoms with E-state index in [2.05, 4.69) is 11.0 Å². The first-order chi connectivity index (χ1) is 15.2. The van der Waals surface area contributed by atoms with Crippen LogP contribution in [0.4, 0.5) is 4.39 Å². The van der Waals surface area contributed by atoms with E-state index in [1.807, 2.05) is 37.3 Å². The fourth-order valence-electron chi connectivity index (χ4n) is 4.05. The monoisotopic (exact) mass is 427 g/mol. The molecule has 1 fully saturated rings. The lowest BCUT2D eigenvalue weighted by atomic mass is 9.97. The maximum Gasteiger partial charge on any atom is 0.309 e. The smallest absolute Gasteiger partial charge is 0.309 e.